The van der Waals surface area contributed by atoms with Crippen molar-refractivity contribution in [1.82, 2.24) is 0 Å². The maximum Gasteiger partial charge on any atom is 0.516 e. The topological polar surface area (TPSA) is 52.6 Å². The van der Waals surface area contributed by atoms with E-state index in [0.29, 0.717) is 5.92 Å². The molecular formula is C20H30O4. The quantitative estimate of drug-likeness (QED) is 0.410. The lowest BCUT2D eigenvalue weighted by Crippen LogP contribution is -2.68. The average Bonchev–Trinajstić information content (AvgIpc) is 2.49. The monoisotopic (exact) mass is 334 g/mol. The molecule has 5 atom stereocenters. The Labute approximate surface area is 145 Å². The van der Waals surface area contributed by atoms with E-state index in [-0.39, 0.29) is 23.4 Å². The van der Waals surface area contributed by atoms with Gasteiger partial charge in [0.25, 0.3) is 0 Å². The molecule has 0 aromatic carbocycles. The van der Waals surface area contributed by atoms with E-state index in [0.717, 1.165) is 25.7 Å². The van der Waals surface area contributed by atoms with Crippen molar-refractivity contribution in [2.75, 3.05) is 6.61 Å². The van der Waals surface area contributed by atoms with Crippen LogP contribution >= 0.6 is 0 Å². The summed E-state index contributed by atoms with van der Waals surface area (Å²) in [6.07, 6.45) is 6.87. The summed E-state index contributed by atoms with van der Waals surface area (Å²) < 4.78 is 9.77. The van der Waals surface area contributed by atoms with E-state index in [4.69, 9.17) is 9.47 Å². The third kappa shape index (κ3) is 2.18. The van der Waals surface area contributed by atoms with E-state index in [9.17, 15) is 9.59 Å². The summed E-state index contributed by atoms with van der Waals surface area (Å²) in [5.41, 5.74) is 1.17. The average molecular weight is 334 g/mol. The van der Waals surface area contributed by atoms with E-state index in [1.807, 2.05) is 6.92 Å². The Morgan fingerprint density at radius 1 is 1.29 bits per heavy atom. The van der Waals surface area contributed by atoms with Gasteiger partial charge in [-0.05, 0) is 75.5 Å². The van der Waals surface area contributed by atoms with Gasteiger partial charge in [0.2, 0.25) is 0 Å². The molecule has 0 radical (unpaired) electrons. The first-order valence-corrected chi connectivity index (χ1v) is 9.27. The van der Waals surface area contributed by atoms with Crippen LogP contribution in [0.2, 0.25) is 0 Å². The van der Waals surface area contributed by atoms with Gasteiger partial charge < -0.3 is 9.47 Å². The maximum absolute atomic E-state index is 12.7. The van der Waals surface area contributed by atoms with Crippen LogP contribution in [0.1, 0.15) is 66.7 Å². The van der Waals surface area contributed by atoms with Crippen LogP contribution in [0.4, 0.5) is 4.79 Å². The third-order valence-corrected chi connectivity index (χ3v) is 7.54. The summed E-state index contributed by atoms with van der Waals surface area (Å²) in [6.45, 7) is 10.9. The van der Waals surface area contributed by atoms with Crippen molar-refractivity contribution in [2.45, 2.75) is 66.7 Å². The molecule has 1 spiro atoms. The minimum absolute atomic E-state index is 0.0788. The fraction of sp³-hybridized carbons (Fsp3) is 0.800. The lowest BCUT2D eigenvalue weighted by molar-refractivity contribution is -0.224. The zero-order valence-corrected chi connectivity index (χ0v) is 15.6. The van der Waals surface area contributed by atoms with Crippen molar-refractivity contribution in [3.8, 4) is 0 Å². The van der Waals surface area contributed by atoms with Gasteiger partial charge >= 0.3 is 12.1 Å². The number of carbonyl (C=O) groups excluding carboxylic acids is 2. The largest absolute Gasteiger partial charge is 0.516 e. The first-order chi connectivity index (χ1) is 11.2. The van der Waals surface area contributed by atoms with Crippen LogP contribution < -0.4 is 0 Å². The Morgan fingerprint density at radius 3 is 2.67 bits per heavy atom. The predicted octanol–water partition coefficient (Wildman–Crippen LogP) is 4.88. The lowest BCUT2D eigenvalue weighted by Gasteiger charge is -2.71. The normalized spacial score (nSPS) is 43.6. The molecule has 2 fully saturated rings. The van der Waals surface area contributed by atoms with Gasteiger partial charge in [0.1, 0.15) is 0 Å². The molecule has 0 saturated heterocycles. The van der Waals surface area contributed by atoms with Gasteiger partial charge in [-0.3, -0.25) is 4.79 Å². The molecule has 134 valence electrons. The molecule has 3 aliphatic rings. The third-order valence-electron chi connectivity index (χ3n) is 7.54. The number of rotatable bonds is 2. The summed E-state index contributed by atoms with van der Waals surface area (Å²) in [7, 11) is 0. The van der Waals surface area contributed by atoms with Crippen molar-refractivity contribution in [2.24, 2.45) is 28.1 Å². The SMILES string of the molecule is CCOC(=O)OC(=O)[C@@]1(C)C[C@]23C=C(C)CC[C@@]2(C)[C@H](C)CC[C@H]31. The molecule has 0 unspecified atom stereocenters. The van der Waals surface area contributed by atoms with Gasteiger partial charge in [0, 0.05) is 0 Å². The summed E-state index contributed by atoms with van der Waals surface area (Å²) in [5.74, 6) is 0.497. The van der Waals surface area contributed by atoms with E-state index < -0.39 is 17.5 Å². The fourth-order valence-corrected chi connectivity index (χ4v) is 5.98. The number of carbonyl (C=O) groups is 2. The molecule has 0 bridgehead atoms. The summed E-state index contributed by atoms with van der Waals surface area (Å²) in [4.78, 5) is 24.3. The van der Waals surface area contributed by atoms with Gasteiger partial charge in [0.05, 0.1) is 12.0 Å². The number of esters is 1. The summed E-state index contributed by atoms with van der Waals surface area (Å²) in [5, 5.41) is 0. The highest BCUT2D eigenvalue weighted by Gasteiger charge is 2.72. The van der Waals surface area contributed by atoms with Crippen LogP contribution in [0.15, 0.2) is 11.6 Å². The molecule has 3 rings (SSSR count). The Kier molecular flexibility index (Phi) is 4.09. The zero-order chi connectivity index (χ0) is 17.8. The second kappa shape index (κ2) is 5.60. The molecule has 0 aliphatic heterocycles. The molecule has 0 aromatic heterocycles. The highest BCUT2D eigenvalue weighted by molar-refractivity contribution is 5.87. The molecule has 0 heterocycles. The van der Waals surface area contributed by atoms with E-state index in [2.05, 4.69) is 26.8 Å². The maximum atomic E-state index is 12.7. The molecule has 0 N–H and O–H groups in total. The van der Waals surface area contributed by atoms with Crippen molar-refractivity contribution in [3.63, 3.8) is 0 Å². The Bertz CT molecular complexity index is 594. The first kappa shape index (κ1) is 17.5. The second-order valence-electron chi connectivity index (χ2n) is 8.65. The smallest absolute Gasteiger partial charge is 0.434 e. The van der Waals surface area contributed by atoms with Gasteiger partial charge in [-0.15, -0.1) is 0 Å². The molecule has 0 amide bonds. The Hall–Kier alpha value is -1.32. The van der Waals surface area contributed by atoms with Crippen LogP contribution in [0.25, 0.3) is 0 Å². The lowest BCUT2D eigenvalue weighted by atomic mass is 9.31. The summed E-state index contributed by atoms with van der Waals surface area (Å²) >= 11 is 0. The van der Waals surface area contributed by atoms with Gasteiger partial charge in [0.15, 0.2) is 0 Å². The van der Waals surface area contributed by atoms with Crippen molar-refractivity contribution < 1.29 is 19.1 Å². The first-order valence-electron chi connectivity index (χ1n) is 9.27. The molecular weight excluding hydrogens is 304 g/mol. The minimum atomic E-state index is -0.869. The Morgan fingerprint density at radius 2 is 2.00 bits per heavy atom. The number of hydrogen-bond donors (Lipinski definition) is 0. The number of hydrogen-bond acceptors (Lipinski definition) is 4. The standard InChI is InChI=1S/C20H30O4/c1-6-23-17(22)24-16(21)18(4)12-20-11-13(2)9-10-19(20,5)14(3)7-8-15(18)20/h11,14-15H,6-10,12H2,1-5H3/t14-,15+,18+,19+,20+/m1/s1. The van der Waals surface area contributed by atoms with Crippen LogP contribution in [0.5, 0.6) is 0 Å². The molecule has 0 aromatic rings. The van der Waals surface area contributed by atoms with Crippen LogP contribution in [0, 0.1) is 28.1 Å². The Balaban J connectivity index is 1.88. The zero-order valence-electron chi connectivity index (χ0n) is 15.6. The number of ether oxygens (including phenoxy) is 2. The van der Waals surface area contributed by atoms with Gasteiger partial charge in [-0.25, -0.2) is 4.79 Å². The highest BCUT2D eigenvalue weighted by Crippen LogP contribution is 2.76. The highest BCUT2D eigenvalue weighted by atomic mass is 16.7. The molecule has 2 saturated carbocycles. The van der Waals surface area contributed by atoms with E-state index in [1.165, 1.54) is 12.0 Å². The van der Waals surface area contributed by atoms with Crippen molar-refractivity contribution in [1.29, 1.82) is 0 Å². The molecule has 4 heteroatoms. The van der Waals surface area contributed by atoms with Crippen LogP contribution in [0.3, 0.4) is 0 Å². The second-order valence-corrected chi connectivity index (χ2v) is 8.65. The molecule has 24 heavy (non-hydrogen) atoms. The fourth-order valence-electron chi connectivity index (χ4n) is 5.98. The minimum Gasteiger partial charge on any atom is -0.434 e. The molecule has 4 nitrogen and oxygen atoms in total. The van der Waals surface area contributed by atoms with E-state index >= 15 is 0 Å². The predicted molar refractivity (Wildman–Crippen MR) is 91.3 cm³/mol. The molecule has 3 aliphatic carbocycles. The van der Waals surface area contributed by atoms with Crippen molar-refractivity contribution >= 4 is 12.1 Å². The summed E-state index contributed by atoms with van der Waals surface area (Å²) in [6, 6.07) is 0. The van der Waals surface area contributed by atoms with Crippen molar-refractivity contribution in [3.05, 3.63) is 11.6 Å². The van der Waals surface area contributed by atoms with Gasteiger partial charge in [-0.1, -0.05) is 25.5 Å². The van der Waals surface area contributed by atoms with Crippen LogP contribution in [-0.4, -0.2) is 18.7 Å². The van der Waals surface area contributed by atoms with Gasteiger partial charge in [-0.2, -0.15) is 0 Å². The van der Waals surface area contributed by atoms with Crippen LogP contribution in [-0.2, 0) is 14.3 Å². The van der Waals surface area contributed by atoms with E-state index in [1.54, 1.807) is 6.92 Å². The number of allylic oxidation sites excluding steroid dienone is 2.